The summed E-state index contributed by atoms with van der Waals surface area (Å²) >= 11 is 1.48. The van der Waals surface area contributed by atoms with Gasteiger partial charge >= 0.3 is 0 Å². The molecule has 5 nitrogen and oxygen atoms in total. The topological polar surface area (TPSA) is 51.4 Å². The molecular weight excluding hydrogens is 310 g/mol. The number of hydrogen-bond donors (Lipinski definition) is 0. The summed E-state index contributed by atoms with van der Waals surface area (Å²) in [5, 5.41) is 1.69. The molecule has 3 aromatic heterocycles. The summed E-state index contributed by atoms with van der Waals surface area (Å²) < 4.78 is 12.5. The summed E-state index contributed by atoms with van der Waals surface area (Å²) in [6.07, 6.45) is 3.53. The highest BCUT2D eigenvalue weighted by Crippen LogP contribution is 2.32. The van der Waals surface area contributed by atoms with Gasteiger partial charge in [0.1, 0.15) is 11.3 Å². The van der Waals surface area contributed by atoms with Crippen molar-refractivity contribution in [2.75, 3.05) is 14.1 Å². The Balaban J connectivity index is 1.64. The molecule has 0 atom stereocenters. The lowest BCUT2D eigenvalue weighted by Gasteiger charge is -2.07. The molecule has 4 rings (SSSR count). The van der Waals surface area contributed by atoms with Crippen LogP contribution < -0.4 is 4.74 Å². The molecule has 0 saturated carbocycles. The number of aromatic nitrogens is 2. The maximum absolute atomic E-state index is 5.86. The minimum absolute atomic E-state index is 0.582. The van der Waals surface area contributed by atoms with Crippen molar-refractivity contribution in [1.29, 1.82) is 0 Å². The Morgan fingerprint density at radius 1 is 1.26 bits per heavy atom. The molecule has 0 spiro atoms. The van der Waals surface area contributed by atoms with Crippen LogP contribution >= 0.6 is 11.3 Å². The van der Waals surface area contributed by atoms with Crippen molar-refractivity contribution in [3.63, 3.8) is 0 Å². The van der Waals surface area contributed by atoms with E-state index in [0.29, 0.717) is 16.6 Å². The van der Waals surface area contributed by atoms with Gasteiger partial charge in [0.05, 0.1) is 11.0 Å². The van der Waals surface area contributed by atoms with Crippen molar-refractivity contribution >= 4 is 32.7 Å². The Bertz CT molecular complexity index is 941. The van der Waals surface area contributed by atoms with Gasteiger partial charge in [-0.15, -0.1) is 0 Å². The highest BCUT2D eigenvalue weighted by Gasteiger charge is 2.10. The summed E-state index contributed by atoms with van der Waals surface area (Å²) in [6, 6.07) is 9.74. The molecule has 0 saturated heterocycles. The van der Waals surface area contributed by atoms with E-state index in [1.807, 2.05) is 44.4 Å². The van der Waals surface area contributed by atoms with Crippen molar-refractivity contribution in [2.45, 2.75) is 6.54 Å². The van der Waals surface area contributed by atoms with Crippen LogP contribution in [0.5, 0.6) is 10.9 Å². The zero-order valence-corrected chi connectivity index (χ0v) is 13.6. The van der Waals surface area contributed by atoms with Crippen LogP contribution in [0.3, 0.4) is 0 Å². The fourth-order valence-electron chi connectivity index (χ4n) is 2.48. The van der Waals surface area contributed by atoms with E-state index in [-0.39, 0.29) is 0 Å². The van der Waals surface area contributed by atoms with Gasteiger partial charge < -0.3 is 14.1 Å². The number of rotatable bonds is 4. The number of benzene rings is 1. The van der Waals surface area contributed by atoms with Gasteiger partial charge in [-0.1, -0.05) is 11.3 Å². The Morgan fingerprint density at radius 2 is 2.17 bits per heavy atom. The maximum atomic E-state index is 5.86. The first-order chi connectivity index (χ1) is 11.2. The number of pyridine rings is 1. The summed E-state index contributed by atoms with van der Waals surface area (Å²) in [5.41, 5.74) is 2.69. The van der Waals surface area contributed by atoms with Crippen LogP contribution in [0.2, 0.25) is 0 Å². The molecule has 116 valence electrons. The lowest BCUT2D eigenvalue weighted by molar-refractivity contribution is 0.401. The van der Waals surface area contributed by atoms with Gasteiger partial charge in [-0.2, -0.15) is 4.98 Å². The average Bonchev–Trinajstić information content (AvgIpc) is 3.10. The van der Waals surface area contributed by atoms with E-state index in [1.54, 1.807) is 12.5 Å². The molecule has 0 N–H and O–H groups in total. The van der Waals surface area contributed by atoms with Crippen LogP contribution in [-0.2, 0) is 6.54 Å². The van der Waals surface area contributed by atoms with E-state index >= 15 is 0 Å². The fraction of sp³-hybridized carbons (Fsp3) is 0.176. The van der Waals surface area contributed by atoms with Crippen LogP contribution in [0.15, 0.2) is 47.2 Å². The lowest BCUT2D eigenvalue weighted by atomic mass is 10.1. The molecule has 23 heavy (non-hydrogen) atoms. The Hall–Kier alpha value is -2.44. The molecule has 0 fully saturated rings. The normalized spacial score (nSPS) is 11.6. The first kappa shape index (κ1) is 14.2. The van der Waals surface area contributed by atoms with E-state index in [2.05, 4.69) is 14.9 Å². The number of thiazole rings is 1. The molecule has 0 aliphatic carbocycles. The van der Waals surface area contributed by atoms with Gasteiger partial charge in [-0.3, -0.25) is 0 Å². The van der Waals surface area contributed by atoms with Gasteiger partial charge in [0.2, 0.25) is 0 Å². The molecule has 0 aliphatic rings. The first-order valence-electron chi connectivity index (χ1n) is 7.23. The fourth-order valence-corrected chi connectivity index (χ4v) is 3.28. The van der Waals surface area contributed by atoms with Gasteiger partial charge in [0.25, 0.3) is 5.19 Å². The summed E-state index contributed by atoms with van der Waals surface area (Å²) in [5.74, 6) is 0.710. The largest absolute Gasteiger partial charge is 0.464 e. The van der Waals surface area contributed by atoms with E-state index < -0.39 is 0 Å². The molecule has 1 aromatic carbocycles. The molecule has 6 heteroatoms. The van der Waals surface area contributed by atoms with Crippen molar-refractivity contribution < 1.29 is 9.15 Å². The predicted molar refractivity (Wildman–Crippen MR) is 91.1 cm³/mol. The summed E-state index contributed by atoms with van der Waals surface area (Å²) in [6.45, 7) is 0.844. The van der Waals surface area contributed by atoms with Gasteiger partial charge in [-0.25, -0.2) is 4.98 Å². The molecule has 0 radical (unpaired) electrons. The SMILES string of the molecule is CN(C)Cc1coc2cc(Oc3nc4ncccc4s3)ccc12. The summed E-state index contributed by atoms with van der Waals surface area (Å²) in [7, 11) is 4.08. The van der Waals surface area contributed by atoms with Crippen molar-refractivity contribution in [3.05, 3.63) is 48.4 Å². The zero-order chi connectivity index (χ0) is 15.8. The predicted octanol–water partition coefficient (Wildman–Crippen LogP) is 4.29. The number of nitrogens with zero attached hydrogens (tertiary/aromatic N) is 3. The molecule has 0 bridgehead atoms. The zero-order valence-electron chi connectivity index (χ0n) is 12.8. The van der Waals surface area contributed by atoms with Crippen LogP contribution in [-0.4, -0.2) is 29.0 Å². The Morgan fingerprint density at radius 3 is 3.00 bits per heavy atom. The smallest absolute Gasteiger partial charge is 0.281 e. The maximum Gasteiger partial charge on any atom is 0.281 e. The Labute approximate surface area is 137 Å². The van der Waals surface area contributed by atoms with Gasteiger partial charge in [0.15, 0.2) is 5.65 Å². The highest BCUT2D eigenvalue weighted by atomic mass is 32.1. The van der Waals surface area contributed by atoms with Crippen LogP contribution in [0, 0.1) is 0 Å². The van der Waals surface area contributed by atoms with Crippen molar-refractivity contribution in [1.82, 2.24) is 14.9 Å². The minimum atomic E-state index is 0.582. The van der Waals surface area contributed by atoms with Crippen LogP contribution in [0.25, 0.3) is 21.3 Å². The van der Waals surface area contributed by atoms with E-state index in [4.69, 9.17) is 9.15 Å². The number of fused-ring (bicyclic) bond motifs is 2. The number of furan rings is 1. The minimum Gasteiger partial charge on any atom is -0.464 e. The highest BCUT2D eigenvalue weighted by molar-refractivity contribution is 7.20. The van der Waals surface area contributed by atoms with Gasteiger partial charge in [-0.05, 0) is 38.4 Å². The first-order valence-corrected chi connectivity index (χ1v) is 8.05. The van der Waals surface area contributed by atoms with Crippen molar-refractivity contribution in [2.24, 2.45) is 0 Å². The Kier molecular flexibility index (Phi) is 3.48. The third-order valence-corrected chi connectivity index (χ3v) is 4.35. The van der Waals surface area contributed by atoms with E-state index in [1.165, 1.54) is 16.9 Å². The monoisotopic (exact) mass is 325 g/mol. The lowest BCUT2D eigenvalue weighted by Crippen LogP contribution is -2.09. The average molecular weight is 325 g/mol. The second-order valence-electron chi connectivity index (χ2n) is 5.56. The molecule has 0 aliphatic heterocycles. The number of ether oxygens (including phenoxy) is 1. The third kappa shape index (κ3) is 2.78. The number of hydrogen-bond acceptors (Lipinski definition) is 6. The quantitative estimate of drug-likeness (QED) is 0.560. The van der Waals surface area contributed by atoms with E-state index in [9.17, 15) is 0 Å². The summed E-state index contributed by atoms with van der Waals surface area (Å²) in [4.78, 5) is 10.7. The van der Waals surface area contributed by atoms with Crippen molar-refractivity contribution in [3.8, 4) is 10.9 Å². The molecule has 3 heterocycles. The molecule has 0 unspecified atom stereocenters. The van der Waals surface area contributed by atoms with Gasteiger partial charge in [0, 0.05) is 29.8 Å². The molecule has 0 amide bonds. The standard InChI is InChI=1S/C17H15N3O2S/c1-20(2)9-11-10-21-14-8-12(5-6-13(11)14)22-17-19-16-15(23-17)4-3-7-18-16/h3-8,10H,9H2,1-2H3. The second kappa shape index (κ2) is 5.64. The molecule has 4 aromatic rings. The third-order valence-electron chi connectivity index (χ3n) is 3.46. The van der Waals surface area contributed by atoms with Crippen LogP contribution in [0.1, 0.15) is 5.56 Å². The second-order valence-corrected chi connectivity index (χ2v) is 6.56. The van der Waals surface area contributed by atoms with Crippen LogP contribution in [0.4, 0.5) is 0 Å². The van der Waals surface area contributed by atoms with E-state index in [0.717, 1.165) is 22.2 Å². The molecular formula is C17H15N3O2S.